The predicted octanol–water partition coefficient (Wildman–Crippen LogP) is 3.79. The van der Waals surface area contributed by atoms with Gasteiger partial charge in [0.2, 0.25) is 0 Å². The van der Waals surface area contributed by atoms with Gasteiger partial charge in [0.15, 0.2) is 0 Å². The number of pyridine rings is 1. The number of halogens is 1. The molecule has 4 heteroatoms. The molecule has 0 aliphatic carbocycles. The molecule has 0 saturated carbocycles. The third kappa shape index (κ3) is 2.43. The third-order valence-electron chi connectivity index (χ3n) is 2.79. The molecule has 0 aliphatic heterocycles. The largest absolute Gasteiger partial charge is 0.494 e. The van der Waals surface area contributed by atoms with E-state index in [1.165, 1.54) is 0 Å². The lowest BCUT2D eigenvalue weighted by Gasteiger charge is -2.12. The first-order valence-electron chi connectivity index (χ1n) is 5.94. The molecule has 18 heavy (non-hydrogen) atoms. The number of rotatable bonds is 3. The number of nitrogen functional groups attached to an aromatic ring is 1. The Bertz CT molecular complexity index is 582. The molecule has 0 radical (unpaired) electrons. The minimum Gasteiger partial charge on any atom is -0.494 e. The molecule has 0 saturated heterocycles. The van der Waals surface area contributed by atoms with Gasteiger partial charge in [-0.1, -0.05) is 29.8 Å². The molecule has 3 nitrogen and oxygen atoms in total. The third-order valence-corrected chi connectivity index (χ3v) is 3.45. The van der Waals surface area contributed by atoms with Gasteiger partial charge in [0.1, 0.15) is 11.3 Å². The van der Waals surface area contributed by atoms with Crippen LogP contribution < -0.4 is 10.5 Å². The second-order valence-electron chi connectivity index (χ2n) is 4.77. The minimum atomic E-state index is 0.549. The SMILES string of the molecule is COc1ccc(Br)c2c(N)cc(CC(C)C)nc12. The van der Waals surface area contributed by atoms with Crippen LogP contribution in [-0.2, 0) is 6.42 Å². The number of ether oxygens (including phenoxy) is 1. The summed E-state index contributed by atoms with van der Waals surface area (Å²) < 4.78 is 6.30. The molecule has 2 aromatic rings. The number of hydrogen-bond acceptors (Lipinski definition) is 3. The Labute approximate surface area is 115 Å². The van der Waals surface area contributed by atoms with Crippen LogP contribution in [0.2, 0.25) is 0 Å². The lowest BCUT2D eigenvalue weighted by atomic mass is 10.1. The fraction of sp³-hybridized carbons (Fsp3) is 0.357. The summed E-state index contributed by atoms with van der Waals surface area (Å²) in [6.45, 7) is 4.33. The highest BCUT2D eigenvalue weighted by molar-refractivity contribution is 9.10. The molecule has 1 aromatic carbocycles. The van der Waals surface area contributed by atoms with Crippen molar-refractivity contribution in [2.75, 3.05) is 12.8 Å². The zero-order valence-electron chi connectivity index (χ0n) is 10.8. The van der Waals surface area contributed by atoms with Crippen molar-refractivity contribution in [3.05, 3.63) is 28.4 Å². The highest BCUT2D eigenvalue weighted by Gasteiger charge is 2.12. The molecule has 0 aliphatic rings. The summed E-state index contributed by atoms with van der Waals surface area (Å²) in [7, 11) is 1.65. The normalized spacial score (nSPS) is 11.2. The van der Waals surface area contributed by atoms with Gasteiger partial charge in [0.25, 0.3) is 0 Å². The molecule has 96 valence electrons. The van der Waals surface area contributed by atoms with E-state index in [1.807, 2.05) is 18.2 Å². The van der Waals surface area contributed by atoms with Crippen molar-refractivity contribution in [1.29, 1.82) is 0 Å². The smallest absolute Gasteiger partial charge is 0.145 e. The van der Waals surface area contributed by atoms with Gasteiger partial charge in [-0.25, -0.2) is 4.98 Å². The highest BCUT2D eigenvalue weighted by Crippen LogP contribution is 2.34. The number of nitrogens with zero attached hydrogens (tertiary/aromatic N) is 1. The van der Waals surface area contributed by atoms with Crippen LogP contribution >= 0.6 is 15.9 Å². The molecule has 1 heterocycles. The van der Waals surface area contributed by atoms with E-state index in [4.69, 9.17) is 10.5 Å². The Morgan fingerprint density at radius 2 is 2.11 bits per heavy atom. The van der Waals surface area contributed by atoms with Gasteiger partial charge in [0.05, 0.1) is 7.11 Å². The Hall–Kier alpha value is -1.29. The zero-order valence-corrected chi connectivity index (χ0v) is 12.4. The molecule has 0 unspecified atom stereocenters. The number of fused-ring (bicyclic) bond motifs is 1. The van der Waals surface area contributed by atoms with Crippen LogP contribution in [0.4, 0.5) is 5.69 Å². The van der Waals surface area contributed by atoms with Gasteiger partial charge >= 0.3 is 0 Å². The number of hydrogen-bond donors (Lipinski definition) is 1. The van der Waals surface area contributed by atoms with E-state index in [0.717, 1.165) is 38.9 Å². The van der Waals surface area contributed by atoms with E-state index >= 15 is 0 Å². The minimum absolute atomic E-state index is 0.549. The summed E-state index contributed by atoms with van der Waals surface area (Å²) in [5.74, 6) is 1.30. The number of benzene rings is 1. The van der Waals surface area contributed by atoms with E-state index in [-0.39, 0.29) is 0 Å². The maximum atomic E-state index is 6.13. The van der Waals surface area contributed by atoms with E-state index in [0.29, 0.717) is 5.92 Å². The average Bonchev–Trinajstić information content (AvgIpc) is 2.28. The first kappa shape index (κ1) is 13.1. The predicted molar refractivity (Wildman–Crippen MR) is 78.9 cm³/mol. The second kappa shape index (κ2) is 5.14. The van der Waals surface area contributed by atoms with E-state index in [2.05, 4.69) is 34.8 Å². The molecule has 0 fully saturated rings. The number of nitrogens with two attached hydrogens (primary N) is 1. The molecule has 0 atom stereocenters. The van der Waals surface area contributed by atoms with Gasteiger partial charge in [-0.2, -0.15) is 0 Å². The Morgan fingerprint density at radius 1 is 1.39 bits per heavy atom. The lowest BCUT2D eigenvalue weighted by Crippen LogP contribution is -2.01. The Morgan fingerprint density at radius 3 is 2.72 bits per heavy atom. The summed E-state index contributed by atoms with van der Waals surface area (Å²) in [4.78, 5) is 4.67. The molecule has 2 N–H and O–H groups in total. The molecular formula is C14H17BrN2O. The quantitative estimate of drug-likeness (QED) is 0.938. The van der Waals surface area contributed by atoms with Crippen molar-refractivity contribution in [3.63, 3.8) is 0 Å². The lowest BCUT2D eigenvalue weighted by molar-refractivity contribution is 0.418. The second-order valence-corrected chi connectivity index (χ2v) is 5.63. The summed E-state index contributed by atoms with van der Waals surface area (Å²) >= 11 is 3.51. The van der Waals surface area contributed by atoms with Crippen molar-refractivity contribution in [1.82, 2.24) is 4.98 Å². The standard InChI is InChI=1S/C14H17BrN2O/c1-8(2)6-9-7-11(16)13-10(15)4-5-12(18-3)14(13)17-9/h4-5,7-8H,6H2,1-3H3,(H2,16,17). The number of aromatic nitrogens is 1. The monoisotopic (exact) mass is 308 g/mol. The van der Waals surface area contributed by atoms with Crippen LogP contribution in [0.25, 0.3) is 10.9 Å². The Balaban J connectivity index is 2.69. The van der Waals surface area contributed by atoms with E-state index < -0.39 is 0 Å². The van der Waals surface area contributed by atoms with Gasteiger partial charge in [-0.15, -0.1) is 0 Å². The van der Waals surface area contributed by atoms with Gasteiger partial charge < -0.3 is 10.5 Å². The maximum absolute atomic E-state index is 6.13. The van der Waals surface area contributed by atoms with E-state index in [9.17, 15) is 0 Å². The van der Waals surface area contributed by atoms with Crippen molar-refractivity contribution in [3.8, 4) is 5.75 Å². The van der Waals surface area contributed by atoms with Crippen molar-refractivity contribution < 1.29 is 4.74 Å². The molecule has 0 spiro atoms. The molecule has 1 aromatic heterocycles. The van der Waals surface area contributed by atoms with Crippen LogP contribution in [0.3, 0.4) is 0 Å². The van der Waals surface area contributed by atoms with Crippen LogP contribution in [0.5, 0.6) is 5.75 Å². The van der Waals surface area contributed by atoms with Crippen molar-refractivity contribution in [2.45, 2.75) is 20.3 Å². The first-order valence-corrected chi connectivity index (χ1v) is 6.73. The summed E-state index contributed by atoms with van der Waals surface area (Å²) in [5.41, 5.74) is 8.70. The molecule has 2 rings (SSSR count). The zero-order chi connectivity index (χ0) is 13.3. The first-order chi connectivity index (χ1) is 8.52. The van der Waals surface area contributed by atoms with Gasteiger partial charge in [0, 0.05) is 21.2 Å². The van der Waals surface area contributed by atoms with Crippen LogP contribution in [-0.4, -0.2) is 12.1 Å². The highest BCUT2D eigenvalue weighted by atomic mass is 79.9. The van der Waals surface area contributed by atoms with Crippen molar-refractivity contribution in [2.24, 2.45) is 5.92 Å². The summed E-state index contributed by atoms with van der Waals surface area (Å²) in [5, 5.41) is 0.918. The van der Waals surface area contributed by atoms with Crippen LogP contribution in [0.15, 0.2) is 22.7 Å². The number of methoxy groups -OCH3 is 1. The van der Waals surface area contributed by atoms with Gasteiger partial charge in [-0.3, -0.25) is 0 Å². The Kier molecular flexibility index (Phi) is 3.76. The van der Waals surface area contributed by atoms with E-state index in [1.54, 1.807) is 7.11 Å². The average molecular weight is 309 g/mol. The topological polar surface area (TPSA) is 48.1 Å². The number of anilines is 1. The van der Waals surface area contributed by atoms with Crippen molar-refractivity contribution >= 4 is 32.5 Å². The van der Waals surface area contributed by atoms with Crippen LogP contribution in [0, 0.1) is 5.92 Å². The fourth-order valence-corrected chi connectivity index (χ4v) is 2.60. The van der Waals surface area contributed by atoms with Crippen LogP contribution in [0.1, 0.15) is 19.5 Å². The molecule has 0 amide bonds. The molecular weight excluding hydrogens is 292 g/mol. The van der Waals surface area contributed by atoms with Gasteiger partial charge in [-0.05, 0) is 30.5 Å². The summed E-state index contributed by atoms with van der Waals surface area (Å²) in [6.07, 6.45) is 0.913. The summed E-state index contributed by atoms with van der Waals surface area (Å²) in [6, 6.07) is 5.78. The fourth-order valence-electron chi connectivity index (χ4n) is 2.05. The molecule has 0 bridgehead atoms. The maximum Gasteiger partial charge on any atom is 0.145 e.